The Hall–Kier alpha value is -1.42. The van der Waals surface area contributed by atoms with E-state index in [4.69, 9.17) is 0 Å². The summed E-state index contributed by atoms with van der Waals surface area (Å²) in [5.41, 5.74) is 0.562. The highest BCUT2D eigenvalue weighted by Crippen LogP contribution is 2.21. The van der Waals surface area contributed by atoms with Gasteiger partial charge in [-0.15, -0.1) is 0 Å². The van der Waals surface area contributed by atoms with Gasteiger partial charge in [-0.05, 0) is 29.9 Å². The maximum atomic E-state index is 13.6. The topological polar surface area (TPSA) is 49.3 Å². The molecule has 118 valence electrons. The minimum Gasteiger partial charge on any atom is -0.394 e. The van der Waals surface area contributed by atoms with Crippen molar-refractivity contribution < 1.29 is 14.3 Å². The van der Waals surface area contributed by atoms with Crippen LogP contribution in [0.15, 0.2) is 24.3 Å². The largest absolute Gasteiger partial charge is 0.394 e. The molecule has 0 aliphatic heterocycles. The molecule has 21 heavy (non-hydrogen) atoms. The molecule has 2 N–H and O–H groups in total. The van der Waals surface area contributed by atoms with Crippen molar-refractivity contribution in [1.29, 1.82) is 0 Å². The maximum Gasteiger partial charge on any atom is 0.223 e. The third kappa shape index (κ3) is 6.25. The van der Waals surface area contributed by atoms with Gasteiger partial charge in [0, 0.05) is 5.92 Å². The molecule has 1 amide bonds. The van der Waals surface area contributed by atoms with Crippen LogP contribution in [0.5, 0.6) is 0 Å². The second kappa shape index (κ2) is 7.55. The lowest BCUT2D eigenvalue weighted by molar-refractivity contribution is -0.125. The first kappa shape index (κ1) is 17.6. The zero-order valence-corrected chi connectivity index (χ0v) is 13.3. The lowest BCUT2D eigenvalue weighted by Crippen LogP contribution is -2.42. The zero-order valence-electron chi connectivity index (χ0n) is 13.3. The smallest absolute Gasteiger partial charge is 0.223 e. The Balaban J connectivity index is 2.60. The molecule has 2 atom stereocenters. The molecule has 0 bridgehead atoms. The van der Waals surface area contributed by atoms with E-state index in [2.05, 4.69) is 26.1 Å². The third-order valence-electron chi connectivity index (χ3n) is 3.36. The van der Waals surface area contributed by atoms with Gasteiger partial charge in [0.25, 0.3) is 0 Å². The molecular formula is C17H26FNO2. The molecule has 4 heteroatoms. The Kier molecular flexibility index (Phi) is 6.34. The molecule has 0 aromatic heterocycles. The van der Waals surface area contributed by atoms with E-state index in [-0.39, 0.29) is 35.7 Å². The number of aliphatic hydroxyl groups is 1. The molecule has 1 aromatic rings. The number of carbonyl (C=O) groups excluding carboxylic acids is 1. The lowest BCUT2D eigenvalue weighted by Gasteiger charge is -2.26. The highest BCUT2D eigenvalue weighted by atomic mass is 19.1. The fraction of sp³-hybridized carbons (Fsp3) is 0.588. The van der Waals surface area contributed by atoms with Crippen molar-refractivity contribution in [3.63, 3.8) is 0 Å². The Bertz CT molecular complexity index is 468. The molecule has 0 saturated heterocycles. The molecular weight excluding hydrogens is 269 g/mol. The van der Waals surface area contributed by atoms with E-state index in [9.17, 15) is 14.3 Å². The van der Waals surface area contributed by atoms with Gasteiger partial charge in [0.2, 0.25) is 5.91 Å². The van der Waals surface area contributed by atoms with Crippen molar-refractivity contribution in [2.75, 3.05) is 6.61 Å². The minimum atomic E-state index is -0.337. The van der Waals surface area contributed by atoms with Crippen LogP contribution in [0.3, 0.4) is 0 Å². The summed E-state index contributed by atoms with van der Waals surface area (Å²) in [7, 11) is 0. The standard InChI is InChI=1S/C17H26FNO2/c1-12(9-13-7-5-6-8-15(13)18)16(21)19-14(11-20)10-17(2,3)4/h5-8,12,14,20H,9-11H2,1-4H3,(H,19,21). The number of benzene rings is 1. The highest BCUT2D eigenvalue weighted by Gasteiger charge is 2.22. The van der Waals surface area contributed by atoms with Gasteiger partial charge in [-0.2, -0.15) is 0 Å². The predicted octanol–water partition coefficient (Wildman–Crippen LogP) is 2.92. The van der Waals surface area contributed by atoms with E-state index < -0.39 is 0 Å². The Morgan fingerprint density at radius 1 is 1.33 bits per heavy atom. The van der Waals surface area contributed by atoms with Gasteiger partial charge in [-0.25, -0.2) is 4.39 Å². The molecule has 3 nitrogen and oxygen atoms in total. The maximum absolute atomic E-state index is 13.6. The fourth-order valence-corrected chi connectivity index (χ4v) is 2.33. The van der Waals surface area contributed by atoms with Crippen LogP contribution < -0.4 is 5.32 Å². The number of aliphatic hydroxyl groups excluding tert-OH is 1. The number of hydrogen-bond donors (Lipinski definition) is 2. The predicted molar refractivity (Wildman–Crippen MR) is 82.4 cm³/mol. The van der Waals surface area contributed by atoms with Crippen molar-refractivity contribution in [2.45, 2.75) is 46.6 Å². The molecule has 0 radical (unpaired) electrons. The summed E-state index contributed by atoms with van der Waals surface area (Å²) in [6.45, 7) is 7.86. The first-order valence-corrected chi connectivity index (χ1v) is 7.37. The van der Waals surface area contributed by atoms with Crippen LogP contribution in [-0.2, 0) is 11.2 Å². The molecule has 0 aliphatic rings. The Morgan fingerprint density at radius 3 is 2.48 bits per heavy atom. The normalized spacial score (nSPS) is 14.6. The highest BCUT2D eigenvalue weighted by molar-refractivity contribution is 5.78. The first-order valence-electron chi connectivity index (χ1n) is 7.37. The Labute approximate surface area is 126 Å². The Morgan fingerprint density at radius 2 is 1.95 bits per heavy atom. The van der Waals surface area contributed by atoms with Crippen LogP contribution in [0.1, 0.15) is 39.7 Å². The van der Waals surface area contributed by atoms with E-state index in [0.717, 1.165) is 0 Å². The molecule has 1 rings (SSSR count). The van der Waals surface area contributed by atoms with Gasteiger partial charge in [-0.3, -0.25) is 4.79 Å². The monoisotopic (exact) mass is 295 g/mol. The summed E-state index contributed by atoms with van der Waals surface area (Å²) < 4.78 is 13.6. The van der Waals surface area contributed by atoms with Crippen LogP contribution in [0.25, 0.3) is 0 Å². The third-order valence-corrected chi connectivity index (χ3v) is 3.36. The zero-order chi connectivity index (χ0) is 16.0. The number of nitrogens with one attached hydrogen (secondary N) is 1. The number of halogens is 1. The average Bonchev–Trinajstić information content (AvgIpc) is 2.38. The van der Waals surface area contributed by atoms with Gasteiger partial charge in [0.05, 0.1) is 12.6 Å². The number of amides is 1. The van der Waals surface area contributed by atoms with Crippen molar-refractivity contribution in [2.24, 2.45) is 11.3 Å². The van der Waals surface area contributed by atoms with Crippen LogP contribution in [0.4, 0.5) is 4.39 Å². The van der Waals surface area contributed by atoms with Gasteiger partial charge in [0.15, 0.2) is 0 Å². The van der Waals surface area contributed by atoms with Crippen LogP contribution >= 0.6 is 0 Å². The van der Waals surface area contributed by atoms with Crippen LogP contribution in [0.2, 0.25) is 0 Å². The number of rotatable bonds is 6. The summed E-state index contributed by atoms with van der Waals surface area (Å²) in [6.07, 6.45) is 1.05. The van der Waals surface area contributed by atoms with Crippen LogP contribution in [0, 0.1) is 17.2 Å². The summed E-state index contributed by atoms with van der Waals surface area (Å²) in [5.74, 6) is -0.775. The second-order valence-electron chi connectivity index (χ2n) is 6.85. The van der Waals surface area contributed by atoms with Gasteiger partial charge in [0.1, 0.15) is 5.82 Å². The lowest BCUT2D eigenvalue weighted by atomic mass is 9.88. The SMILES string of the molecule is CC(Cc1ccccc1F)C(=O)NC(CO)CC(C)(C)C. The van der Waals surface area contributed by atoms with Gasteiger partial charge in [-0.1, -0.05) is 45.9 Å². The molecule has 0 heterocycles. The molecule has 0 spiro atoms. The van der Waals surface area contributed by atoms with Crippen molar-refractivity contribution in [3.8, 4) is 0 Å². The van der Waals surface area contributed by atoms with E-state index in [0.29, 0.717) is 18.4 Å². The van der Waals surface area contributed by atoms with E-state index in [1.807, 2.05) is 0 Å². The molecule has 0 aliphatic carbocycles. The van der Waals surface area contributed by atoms with E-state index >= 15 is 0 Å². The quantitative estimate of drug-likeness (QED) is 0.848. The van der Waals surface area contributed by atoms with E-state index in [1.54, 1.807) is 25.1 Å². The van der Waals surface area contributed by atoms with Gasteiger partial charge < -0.3 is 10.4 Å². The van der Waals surface area contributed by atoms with E-state index in [1.165, 1.54) is 6.07 Å². The summed E-state index contributed by atoms with van der Waals surface area (Å²) in [5, 5.41) is 12.2. The molecule has 2 unspecified atom stereocenters. The summed E-state index contributed by atoms with van der Waals surface area (Å²) in [6, 6.07) is 6.22. The van der Waals surface area contributed by atoms with Crippen LogP contribution in [-0.4, -0.2) is 23.7 Å². The number of hydrogen-bond acceptors (Lipinski definition) is 2. The first-order chi connectivity index (χ1) is 9.73. The van der Waals surface area contributed by atoms with Gasteiger partial charge >= 0.3 is 0 Å². The average molecular weight is 295 g/mol. The number of carbonyl (C=O) groups is 1. The molecule has 0 saturated carbocycles. The second-order valence-corrected chi connectivity index (χ2v) is 6.85. The van der Waals surface area contributed by atoms with Crippen molar-refractivity contribution >= 4 is 5.91 Å². The van der Waals surface area contributed by atoms with Crippen molar-refractivity contribution in [1.82, 2.24) is 5.32 Å². The minimum absolute atomic E-state index is 0.0233. The fourth-order valence-electron chi connectivity index (χ4n) is 2.33. The summed E-state index contributed by atoms with van der Waals surface area (Å²) in [4.78, 5) is 12.2. The summed E-state index contributed by atoms with van der Waals surface area (Å²) >= 11 is 0. The molecule has 1 aromatic carbocycles. The van der Waals surface area contributed by atoms with Crippen molar-refractivity contribution in [3.05, 3.63) is 35.6 Å². The molecule has 0 fully saturated rings.